The van der Waals surface area contributed by atoms with E-state index in [1.54, 1.807) is 35.2 Å². The summed E-state index contributed by atoms with van der Waals surface area (Å²) < 4.78 is 52.4. The number of carbonyl (C=O) groups excluding carboxylic acids is 1. The second-order valence-corrected chi connectivity index (χ2v) is 9.41. The largest absolute Gasteiger partial charge is 0.493 e. The smallest absolute Gasteiger partial charge is 0.433 e. The van der Waals surface area contributed by atoms with Crippen LogP contribution < -0.4 is 5.32 Å². The topological polar surface area (TPSA) is 78.3 Å². The van der Waals surface area contributed by atoms with Crippen molar-refractivity contribution in [1.29, 1.82) is 0 Å². The van der Waals surface area contributed by atoms with Crippen LogP contribution in [-0.4, -0.2) is 40.5 Å². The number of hydrogen-bond acceptors (Lipinski definition) is 5. The Kier molecular flexibility index (Phi) is 9.21. The number of halogens is 3. The third-order valence-electron chi connectivity index (χ3n) is 6.52. The Morgan fingerprint density at radius 3 is 2.70 bits per heavy atom. The van der Waals surface area contributed by atoms with Gasteiger partial charge in [0.1, 0.15) is 11.5 Å². The third kappa shape index (κ3) is 7.06. The van der Waals surface area contributed by atoms with Gasteiger partial charge in [0.25, 0.3) is 5.91 Å². The molecule has 40 heavy (non-hydrogen) atoms. The van der Waals surface area contributed by atoms with Crippen molar-refractivity contribution in [2.75, 3.05) is 25.1 Å². The van der Waals surface area contributed by atoms with Gasteiger partial charge in [0.15, 0.2) is 0 Å². The maximum atomic E-state index is 13.0. The summed E-state index contributed by atoms with van der Waals surface area (Å²) >= 11 is 0. The number of amides is 1. The molecule has 1 saturated heterocycles. The summed E-state index contributed by atoms with van der Waals surface area (Å²) in [5.74, 6) is 0.436. The van der Waals surface area contributed by atoms with Crippen molar-refractivity contribution >= 4 is 17.2 Å². The number of nitrogens with zero attached hydrogens (tertiary/aromatic N) is 3. The molecule has 7 nitrogen and oxygen atoms in total. The van der Waals surface area contributed by atoms with Crippen LogP contribution in [0.2, 0.25) is 0 Å². The lowest BCUT2D eigenvalue weighted by Gasteiger charge is -2.23. The Morgan fingerprint density at radius 1 is 1.23 bits per heavy atom. The summed E-state index contributed by atoms with van der Waals surface area (Å²) in [6.07, 6.45) is 7.32. The van der Waals surface area contributed by atoms with Crippen LogP contribution in [0.25, 0.3) is 11.3 Å². The molecule has 1 aliphatic rings. The fourth-order valence-corrected chi connectivity index (χ4v) is 4.31. The summed E-state index contributed by atoms with van der Waals surface area (Å²) in [6.45, 7) is 9.86. The van der Waals surface area contributed by atoms with E-state index in [-0.39, 0.29) is 5.56 Å². The number of carbonyl (C=O) groups is 1. The molecule has 3 heterocycles. The number of anilines is 1. The molecule has 1 N–H and O–H groups in total. The van der Waals surface area contributed by atoms with Crippen LogP contribution in [0.3, 0.4) is 0 Å². The van der Waals surface area contributed by atoms with Gasteiger partial charge in [0, 0.05) is 48.0 Å². The third-order valence-corrected chi connectivity index (χ3v) is 6.52. The van der Waals surface area contributed by atoms with Gasteiger partial charge in [0.05, 0.1) is 18.5 Å². The summed E-state index contributed by atoms with van der Waals surface area (Å²) in [4.78, 5) is 16.0. The lowest BCUT2D eigenvalue weighted by Crippen LogP contribution is -2.20. The minimum atomic E-state index is -4.65. The van der Waals surface area contributed by atoms with Crippen LogP contribution in [0.4, 0.5) is 18.9 Å². The van der Waals surface area contributed by atoms with Crippen molar-refractivity contribution in [1.82, 2.24) is 14.8 Å². The van der Waals surface area contributed by atoms with Gasteiger partial charge in [-0.3, -0.25) is 9.78 Å². The van der Waals surface area contributed by atoms with Gasteiger partial charge >= 0.3 is 6.18 Å². The molecule has 1 aliphatic heterocycles. The van der Waals surface area contributed by atoms with Gasteiger partial charge in [-0.15, -0.1) is 0 Å². The number of hydrogen-bond donors (Lipinski definition) is 1. The van der Waals surface area contributed by atoms with E-state index >= 15 is 0 Å². The Hall–Kier alpha value is -4.18. The van der Waals surface area contributed by atoms with E-state index in [2.05, 4.69) is 22.0 Å². The van der Waals surface area contributed by atoms with E-state index in [9.17, 15) is 18.0 Å². The molecule has 0 bridgehead atoms. The van der Waals surface area contributed by atoms with Crippen molar-refractivity contribution in [3.63, 3.8) is 0 Å². The number of rotatable bonds is 9. The van der Waals surface area contributed by atoms with E-state index in [1.807, 2.05) is 32.2 Å². The lowest BCUT2D eigenvalue weighted by atomic mass is 10.0. The molecule has 1 aromatic carbocycles. The molecular formula is C30H31F3N4O3. The summed E-state index contributed by atoms with van der Waals surface area (Å²) in [7, 11) is 0. The highest BCUT2D eigenvalue weighted by Crippen LogP contribution is 2.29. The highest BCUT2D eigenvalue weighted by atomic mass is 19.4. The van der Waals surface area contributed by atoms with Gasteiger partial charge in [-0.2, -0.15) is 18.3 Å². The molecule has 0 atom stereocenters. The maximum Gasteiger partial charge on any atom is 0.433 e. The van der Waals surface area contributed by atoms with E-state index in [1.165, 1.54) is 6.07 Å². The van der Waals surface area contributed by atoms with Gasteiger partial charge in [-0.1, -0.05) is 24.8 Å². The Bertz CT molecular complexity index is 1420. The predicted molar refractivity (Wildman–Crippen MR) is 147 cm³/mol. The highest BCUT2D eigenvalue weighted by Gasteiger charge is 2.33. The van der Waals surface area contributed by atoms with E-state index < -0.39 is 17.8 Å². The molecule has 3 aromatic rings. The molecule has 0 aliphatic carbocycles. The Morgan fingerprint density at radius 2 is 2.00 bits per heavy atom. The zero-order valence-corrected chi connectivity index (χ0v) is 22.4. The zero-order valence-electron chi connectivity index (χ0n) is 22.4. The molecule has 0 radical (unpaired) electrons. The number of allylic oxidation sites excluding steroid dienone is 4. The van der Waals surface area contributed by atoms with Crippen LogP contribution in [0.15, 0.2) is 79.5 Å². The van der Waals surface area contributed by atoms with E-state index in [0.29, 0.717) is 29.7 Å². The molecule has 4 rings (SSSR count). The van der Waals surface area contributed by atoms with Crippen LogP contribution in [0.5, 0.6) is 0 Å². The molecule has 2 aromatic heterocycles. The Balaban J connectivity index is 1.56. The maximum absolute atomic E-state index is 13.0. The number of aromatic nitrogens is 3. The molecule has 0 saturated carbocycles. The van der Waals surface area contributed by atoms with Gasteiger partial charge < -0.3 is 14.8 Å². The second kappa shape index (κ2) is 12.8. The second-order valence-electron chi connectivity index (χ2n) is 9.41. The van der Waals surface area contributed by atoms with Crippen molar-refractivity contribution in [2.45, 2.75) is 32.9 Å². The van der Waals surface area contributed by atoms with Crippen molar-refractivity contribution in [3.8, 4) is 5.69 Å². The van der Waals surface area contributed by atoms with Crippen LogP contribution >= 0.6 is 0 Å². The molecule has 1 amide bonds. The monoisotopic (exact) mass is 552 g/mol. The van der Waals surface area contributed by atoms with E-state index in [0.717, 1.165) is 55.0 Å². The predicted octanol–water partition coefficient (Wildman–Crippen LogP) is 6.76. The fourth-order valence-electron chi connectivity index (χ4n) is 4.31. The first kappa shape index (κ1) is 28.8. The minimum Gasteiger partial charge on any atom is -0.493 e. The number of alkyl halides is 3. The molecule has 210 valence electrons. The summed E-state index contributed by atoms with van der Waals surface area (Å²) in [5, 5.41) is 7.18. The first-order valence-corrected chi connectivity index (χ1v) is 12.9. The lowest BCUT2D eigenvalue weighted by molar-refractivity contribution is -0.141. The van der Waals surface area contributed by atoms with Crippen LogP contribution in [0.1, 0.15) is 46.9 Å². The normalized spacial score (nSPS) is 15.1. The van der Waals surface area contributed by atoms with Crippen molar-refractivity contribution in [3.05, 3.63) is 102 Å². The molecule has 0 unspecified atom stereocenters. The van der Waals surface area contributed by atoms with E-state index in [4.69, 9.17) is 9.47 Å². The summed E-state index contributed by atoms with van der Waals surface area (Å²) in [5.41, 5.74) is 2.27. The van der Waals surface area contributed by atoms with Crippen LogP contribution in [-0.2, 0) is 15.7 Å². The summed E-state index contributed by atoms with van der Waals surface area (Å²) in [6, 6.07) is 7.14. The molecule has 1 fully saturated rings. The molecule has 0 spiro atoms. The number of nitrogens with one attached hydrogen (secondary N) is 1. The highest BCUT2D eigenvalue weighted by molar-refractivity contribution is 6.04. The zero-order chi connectivity index (χ0) is 28.7. The average molecular weight is 553 g/mol. The quantitative estimate of drug-likeness (QED) is 0.234. The number of benzene rings is 1. The standard InChI is InChI=1S/C30H31F3N4O3/c1-4-6-27(40-19-21-10-13-39-14-11-21)25(5-2)23-17-35-37(18-23)26-16-24(8-7-20(26)3)36-29(38)22-9-12-34-28(15-22)30(31,32)33/h4-9,12,15-18,21H,2,10-11,13-14,19H2,1,3H3,(H,36,38)/b6-4-,27-25-. The fraction of sp³-hybridized carbons (Fsp3) is 0.300. The number of ether oxygens (including phenoxy) is 2. The minimum absolute atomic E-state index is 0.149. The first-order valence-electron chi connectivity index (χ1n) is 12.9. The van der Waals surface area contributed by atoms with Gasteiger partial charge in [-0.05, 0) is 68.5 Å². The van der Waals surface area contributed by atoms with Gasteiger partial charge in [-0.25, -0.2) is 4.68 Å². The molecular weight excluding hydrogens is 521 g/mol. The van der Waals surface area contributed by atoms with Crippen molar-refractivity contribution in [2.24, 2.45) is 5.92 Å². The number of pyridine rings is 1. The number of aryl methyl sites for hydroxylation is 1. The van der Waals surface area contributed by atoms with Gasteiger partial charge in [0.2, 0.25) is 0 Å². The van der Waals surface area contributed by atoms with Crippen molar-refractivity contribution < 1.29 is 27.4 Å². The average Bonchev–Trinajstić information content (AvgIpc) is 3.43. The Labute approximate surface area is 231 Å². The van der Waals surface area contributed by atoms with Crippen LogP contribution in [0, 0.1) is 12.8 Å². The molecule has 10 heteroatoms. The SMILES string of the molecule is C=C/C(=C(\C=C/C)OCC1CCOCC1)c1cnn(-c2cc(NC(=O)c3ccnc(C(F)(F)F)c3)ccc2C)c1. The first-order chi connectivity index (χ1) is 19.2.